The minimum absolute atomic E-state index is 0.0104. The number of anilines is 1. The molecule has 0 unspecified atom stereocenters. The lowest BCUT2D eigenvalue weighted by atomic mass is 9.91. The number of hydrogen-bond donors (Lipinski definition) is 0. The molecule has 0 bridgehead atoms. The molecular formula is C30H42ClFN6O4. The van der Waals surface area contributed by atoms with Crippen LogP contribution in [0.1, 0.15) is 72.6 Å². The van der Waals surface area contributed by atoms with Crippen LogP contribution in [0.4, 0.5) is 15.0 Å². The van der Waals surface area contributed by atoms with E-state index in [0.717, 1.165) is 51.6 Å². The third-order valence-corrected chi connectivity index (χ3v) is 9.48. The minimum atomic E-state index is -0.699. The zero-order valence-electron chi connectivity index (χ0n) is 25.1. The van der Waals surface area contributed by atoms with Gasteiger partial charge in [-0.2, -0.15) is 9.97 Å². The van der Waals surface area contributed by atoms with Gasteiger partial charge in [-0.3, -0.25) is 9.80 Å². The summed E-state index contributed by atoms with van der Waals surface area (Å²) in [6, 6.07) is 0.123. The predicted molar refractivity (Wildman–Crippen MR) is 158 cm³/mol. The van der Waals surface area contributed by atoms with Crippen molar-refractivity contribution in [3.05, 3.63) is 17.2 Å². The quantitative estimate of drug-likeness (QED) is 0.376. The van der Waals surface area contributed by atoms with Gasteiger partial charge in [0.1, 0.15) is 23.5 Å². The van der Waals surface area contributed by atoms with E-state index in [2.05, 4.69) is 26.7 Å². The van der Waals surface area contributed by atoms with Crippen LogP contribution in [0.3, 0.4) is 0 Å². The van der Waals surface area contributed by atoms with Crippen molar-refractivity contribution in [2.75, 3.05) is 50.8 Å². The molecule has 5 heterocycles. The van der Waals surface area contributed by atoms with Crippen LogP contribution in [-0.2, 0) is 9.47 Å². The molecule has 6 rings (SSSR count). The maximum absolute atomic E-state index is 15.4. The van der Waals surface area contributed by atoms with Crippen LogP contribution in [0.5, 0.6) is 6.01 Å². The van der Waals surface area contributed by atoms with E-state index >= 15 is 4.39 Å². The molecule has 3 saturated heterocycles. The summed E-state index contributed by atoms with van der Waals surface area (Å²) in [4.78, 5) is 33.2. The number of fused-ring (bicyclic) bond motifs is 2. The second kappa shape index (κ2) is 11.2. The Morgan fingerprint density at radius 1 is 1.12 bits per heavy atom. The summed E-state index contributed by atoms with van der Waals surface area (Å²) in [5.74, 6) is -0.186. The highest BCUT2D eigenvalue weighted by atomic mass is 35.5. The van der Waals surface area contributed by atoms with E-state index in [1.165, 1.54) is 6.20 Å². The van der Waals surface area contributed by atoms with Gasteiger partial charge in [-0.25, -0.2) is 14.2 Å². The van der Waals surface area contributed by atoms with Crippen molar-refractivity contribution in [2.45, 2.75) is 95.4 Å². The van der Waals surface area contributed by atoms with Crippen LogP contribution in [0, 0.1) is 5.82 Å². The molecule has 1 amide bonds. The van der Waals surface area contributed by atoms with Crippen molar-refractivity contribution in [1.82, 2.24) is 24.8 Å². The number of hydrogen-bond acceptors (Lipinski definition) is 9. The summed E-state index contributed by atoms with van der Waals surface area (Å²) in [5.41, 5.74) is -1.24. The van der Waals surface area contributed by atoms with Gasteiger partial charge < -0.3 is 19.1 Å². The van der Waals surface area contributed by atoms with Gasteiger partial charge in [0.25, 0.3) is 0 Å². The van der Waals surface area contributed by atoms with E-state index in [-0.39, 0.29) is 34.4 Å². The molecule has 42 heavy (non-hydrogen) atoms. The molecular weight excluding hydrogens is 563 g/mol. The lowest BCUT2D eigenvalue weighted by molar-refractivity contribution is -0.0431. The Balaban J connectivity index is 1.34. The number of ether oxygens (including phenoxy) is 3. The van der Waals surface area contributed by atoms with E-state index in [4.69, 9.17) is 30.8 Å². The first-order chi connectivity index (χ1) is 20.0. The molecule has 0 spiro atoms. The van der Waals surface area contributed by atoms with Crippen LogP contribution in [0.15, 0.2) is 6.20 Å². The number of aromatic nitrogens is 3. The number of rotatable bonds is 8. The summed E-state index contributed by atoms with van der Waals surface area (Å²) < 4.78 is 33.7. The van der Waals surface area contributed by atoms with Crippen molar-refractivity contribution in [1.29, 1.82) is 0 Å². The number of halogens is 2. The summed E-state index contributed by atoms with van der Waals surface area (Å²) in [6.45, 7) is 11.9. The second-order valence-electron chi connectivity index (χ2n) is 13.3. The normalized spacial score (nSPS) is 24.3. The van der Waals surface area contributed by atoms with Gasteiger partial charge in [-0.1, -0.05) is 18.5 Å². The van der Waals surface area contributed by atoms with Gasteiger partial charge >= 0.3 is 12.1 Å². The Hall–Kier alpha value is -2.50. The fraction of sp³-hybridized carbons (Fsp3) is 0.733. The van der Waals surface area contributed by atoms with E-state index in [0.29, 0.717) is 50.5 Å². The van der Waals surface area contributed by atoms with Crippen molar-refractivity contribution >= 4 is 34.4 Å². The van der Waals surface area contributed by atoms with Crippen molar-refractivity contribution < 1.29 is 23.4 Å². The number of nitrogens with zero attached hydrogens (tertiary/aromatic N) is 6. The van der Waals surface area contributed by atoms with Gasteiger partial charge in [0.2, 0.25) is 0 Å². The molecule has 4 aliphatic rings. The Kier molecular flexibility index (Phi) is 7.89. The molecule has 0 radical (unpaired) electrons. The molecule has 1 saturated carbocycles. The first-order valence-electron chi connectivity index (χ1n) is 15.3. The molecule has 1 atom stereocenters. The molecule has 2 aromatic heterocycles. The summed E-state index contributed by atoms with van der Waals surface area (Å²) in [6.07, 6.45) is 8.50. The van der Waals surface area contributed by atoms with Crippen LogP contribution in [0.2, 0.25) is 5.15 Å². The first kappa shape index (κ1) is 29.6. The Labute approximate surface area is 251 Å². The Morgan fingerprint density at radius 3 is 2.52 bits per heavy atom. The number of amides is 1. The largest absolute Gasteiger partial charge is 0.461 e. The zero-order valence-corrected chi connectivity index (χ0v) is 25.9. The molecule has 4 fully saturated rings. The lowest BCUT2D eigenvalue weighted by Gasteiger charge is -2.50. The average molecular weight is 605 g/mol. The summed E-state index contributed by atoms with van der Waals surface area (Å²) in [7, 11) is 0. The molecule has 2 aromatic rings. The van der Waals surface area contributed by atoms with Crippen molar-refractivity contribution in [3.63, 3.8) is 0 Å². The highest BCUT2D eigenvalue weighted by Gasteiger charge is 2.47. The van der Waals surface area contributed by atoms with Crippen molar-refractivity contribution in [3.8, 4) is 6.01 Å². The van der Waals surface area contributed by atoms with Crippen LogP contribution in [0.25, 0.3) is 10.9 Å². The maximum Gasteiger partial charge on any atom is 0.410 e. The molecule has 3 aliphatic heterocycles. The van der Waals surface area contributed by atoms with Crippen LogP contribution in [-0.4, -0.2) is 99.6 Å². The van der Waals surface area contributed by atoms with Gasteiger partial charge in [0.05, 0.1) is 29.2 Å². The monoisotopic (exact) mass is 604 g/mol. The zero-order chi connectivity index (χ0) is 29.7. The van der Waals surface area contributed by atoms with Crippen molar-refractivity contribution in [2.24, 2.45) is 0 Å². The lowest BCUT2D eigenvalue weighted by Crippen LogP contribution is -2.66. The predicted octanol–water partition coefficient (Wildman–Crippen LogP) is 5.21. The average Bonchev–Trinajstić information content (AvgIpc) is 3.57. The summed E-state index contributed by atoms with van der Waals surface area (Å²) in [5, 5.41) is 0.203. The molecule has 0 N–H and O–H groups in total. The SMILES string of the molecule is CC[C@]1(COC2CC2)CN(c2nc(OCC34CCCN3CCC4)nc3c(F)c(Cl)ncc23)CCN1C(=O)OC(C)(C)C. The first-order valence-corrected chi connectivity index (χ1v) is 15.7. The second-order valence-corrected chi connectivity index (χ2v) is 13.7. The molecule has 230 valence electrons. The highest BCUT2D eigenvalue weighted by Crippen LogP contribution is 2.40. The molecule has 1 aliphatic carbocycles. The topological polar surface area (TPSA) is 93.2 Å². The van der Waals surface area contributed by atoms with E-state index in [1.807, 2.05) is 25.7 Å². The third kappa shape index (κ3) is 5.71. The standard InChI is InChI=1S/C30H42ClFN6O4/c1-5-29(18-40-20-8-9-20)17-36(14-15-38(29)27(39)42-28(2,3)4)25-21-16-33-24(31)22(32)23(21)34-26(35-25)41-19-30-10-6-12-37(30)13-7-11-30/h16,20H,5-15,17-19H2,1-4H3/t29-/m1/s1. The molecule has 12 heteroatoms. The maximum atomic E-state index is 15.4. The fourth-order valence-corrected chi connectivity index (χ4v) is 6.90. The van der Waals surface area contributed by atoms with E-state index in [9.17, 15) is 4.79 Å². The van der Waals surface area contributed by atoms with Gasteiger partial charge in [-0.05, 0) is 78.8 Å². The number of pyridine rings is 1. The number of carbonyl (C=O) groups is 1. The third-order valence-electron chi connectivity index (χ3n) is 9.22. The van der Waals surface area contributed by atoms with Crippen LogP contribution < -0.4 is 9.64 Å². The van der Waals surface area contributed by atoms with E-state index in [1.54, 1.807) is 0 Å². The molecule has 0 aromatic carbocycles. The Bertz CT molecular complexity index is 1330. The minimum Gasteiger partial charge on any atom is -0.461 e. The Morgan fingerprint density at radius 2 is 1.86 bits per heavy atom. The number of piperazine rings is 1. The smallest absolute Gasteiger partial charge is 0.410 e. The van der Waals surface area contributed by atoms with Crippen LogP contribution >= 0.6 is 11.6 Å². The van der Waals surface area contributed by atoms with Gasteiger partial charge in [-0.15, -0.1) is 0 Å². The summed E-state index contributed by atoms with van der Waals surface area (Å²) >= 11 is 6.10. The van der Waals surface area contributed by atoms with Gasteiger partial charge in [0, 0.05) is 25.8 Å². The molecule has 10 nitrogen and oxygen atoms in total. The van der Waals surface area contributed by atoms with Gasteiger partial charge in [0.15, 0.2) is 11.0 Å². The van der Waals surface area contributed by atoms with E-state index < -0.39 is 17.0 Å². The highest BCUT2D eigenvalue weighted by molar-refractivity contribution is 6.30. The number of carbonyl (C=O) groups excluding carboxylic acids is 1. The fourth-order valence-electron chi connectivity index (χ4n) is 6.76.